The van der Waals surface area contributed by atoms with E-state index >= 15 is 0 Å². The number of fused-ring (bicyclic) bond motifs is 1. The van der Waals surface area contributed by atoms with Crippen LogP contribution in [0.25, 0.3) is 16.2 Å². The molecule has 0 spiro atoms. The van der Waals surface area contributed by atoms with Gasteiger partial charge in [0.25, 0.3) is 5.91 Å². The van der Waals surface area contributed by atoms with Crippen molar-refractivity contribution in [1.29, 1.82) is 0 Å². The lowest BCUT2D eigenvalue weighted by atomic mass is 10.2. The third kappa shape index (κ3) is 4.23. The van der Waals surface area contributed by atoms with Crippen LogP contribution in [0, 0.1) is 12.7 Å². The first-order chi connectivity index (χ1) is 14.5. The maximum atomic E-state index is 13.1. The van der Waals surface area contributed by atoms with Gasteiger partial charge in [-0.1, -0.05) is 29.5 Å². The average molecular weight is 422 g/mol. The van der Waals surface area contributed by atoms with Crippen molar-refractivity contribution in [3.8, 4) is 11.3 Å². The van der Waals surface area contributed by atoms with Gasteiger partial charge in [0.15, 0.2) is 4.96 Å². The van der Waals surface area contributed by atoms with E-state index in [4.69, 9.17) is 0 Å². The van der Waals surface area contributed by atoms with Gasteiger partial charge in [-0.15, -0.1) is 0 Å². The van der Waals surface area contributed by atoms with E-state index < -0.39 is 0 Å². The number of rotatable bonds is 6. The van der Waals surface area contributed by atoms with Gasteiger partial charge in [-0.2, -0.15) is 0 Å². The highest BCUT2D eigenvalue weighted by Gasteiger charge is 2.14. The van der Waals surface area contributed by atoms with Crippen molar-refractivity contribution in [2.24, 2.45) is 0 Å². The van der Waals surface area contributed by atoms with Gasteiger partial charge in [0, 0.05) is 27.9 Å². The normalized spacial score (nSPS) is 10.9. The number of carbonyl (C=O) groups is 2. The maximum absolute atomic E-state index is 13.1. The highest BCUT2D eigenvalue weighted by molar-refractivity contribution is 7.17. The van der Waals surface area contributed by atoms with Crippen molar-refractivity contribution in [2.45, 2.75) is 13.5 Å². The van der Waals surface area contributed by atoms with Crippen molar-refractivity contribution >= 4 is 28.1 Å². The fourth-order valence-corrected chi connectivity index (χ4v) is 4.05. The van der Waals surface area contributed by atoms with E-state index in [1.165, 1.54) is 23.5 Å². The molecule has 8 heteroatoms. The van der Waals surface area contributed by atoms with Gasteiger partial charge in [-0.05, 0) is 43.3 Å². The summed E-state index contributed by atoms with van der Waals surface area (Å²) in [6.07, 6.45) is 1.90. The molecular weight excluding hydrogens is 403 g/mol. The number of amides is 2. The second-order valence-electron chi connectivity index (χ2n) is 6.72. The van der Waals surface area contributed by atoms with Gasteiger partial charge >= 0.3 is 0 Å². The Morgan fingerprint density at radius 2 is 1.80 bits per heavy atom. The third-order valence-electron chi connectivity index (χ3n) is 4.68. The minimum Gasteiger partial charge on any atom is -0.350 e. The van der Waals surface area contributed by atoms with E-state index in [1.807, 2.05) is 23.6 Å². The number of aromatic nitrogens is 2. The highest BCUT2D eigenvalue weighted by atomic mass is 32.1. The molecule has 2 aromatic carbocycles. The van der Waals surface area contributed by atoms with Crippen molar-refractivity contribution in [3.63, 3.8) is 0 Å². The van der Waals surface area contributed by atoms with Crippen molar-refractivity contribution in [3.05, 3.63) is 82.7 Å². The Labute approximate surface area is 176 Å². The van der Waals surface area contributed by atoms with Crippen molar-refractivity contribution in [1.82, 2.24) is 20.0 Å². The van der Waals surface area contributed by atoms with Crippen LogP contribution in [0.3, 0.4) is 0 Å². The fraction of sp³-hybridized carbons (Fsp3) is 0.136. The number of nitrogens with one attached hydrogen (secondary N) is 2. The number of carbonyl (C=O) groups excluding carboxylic acids is 2. The van der Waals surface area contributed by atoms with E-state index in [0.29, 0.717) is 12.1 Å². The summed E-state index contributed by atoms with van der Waals surface area (Å²) in [5.41, 5.74) is 3.10. The smallest absolute Gasteiger partial charge is 0.251 e. The number of nitrogens with zero attached hydrogens (tertiary/aromatic N) is 2. The lowest BCUT2D eigenvalue weighted by molar-refractivity contribution is -0.120. The van der Waals surface area contributed by atoms with Crippen LogP contribution >= 0.6 is 11.3 Å². The molecule has 4 rings (SSSR count). The Hall–Kier alpha value is -3.52. The largest absolute Gasteiger partial charge is 0.350 e. The van der Waals surface area contributed by atoms with Gasteiger partial charge < -0.3 is 10.6 Å². The van der Waals surface area contributed by atoms with Gasteiger partial charge in [-0.25, -0.2) is 9.37 Å². The number of benzene rings is 2. The summed E-state index contributed by atoms with van der Waals surface area (Å²) in [7, 11) is 0. The molecule has 0 radical (unpaired) electrons. The second kappa shape index (κ2) is 8.46. The summed E-state index contributed by atoms with van der Waals surface area (Å²) in [6.45, 7) is 2.22. The summed E-state index contributed by atoms with van der Waals surface area (Å²) in [6, 6.07) is 15.0. The fourth-order valence-electron chi connectivity index (χ4n) is 3.01. The predicted molar refractivity (Wildman–Crippen MR) is 114 cm³/mol. The van der Waals surface area contributed by atoms with Crippen LogP contribution in [0.4, 0.5) is 4.39 Å². The molecule has 0 atom stereocenters. The van der Waals surface area contributed by atoms with Crippen LogP contribution in [-0.4, -0.2) is 27.7 Å². The predicted octanol–water partition coefficient (Wildman–Crippen LogP) is 3.56. The number of halogens is 1. The zero-order valence-corrected chi connectivity index (χ0v) is 17.0. The SMILES string of the molecule is Cc1c(CNC(=O)CNC(=O)c2ccccc2)sc2nc(-c3ccc(F)cc3)cn12. The first-order valence-corrected chi connectivity index (χ1v) is 10.2. The zero-order chi connectivity index (χ0) is 21.1. The summed E-state index contributed by atoms with van der Waals surface area (Å²) in [5, 5.41) is 5.43. The molecule has 4 aromatic rings. The summed E-state index contributed by atoms with van der Waals surface area (Å²) in [5.74, 6) is -0.837. The Balaban J connectivity index is 1.36. The molecule has 0 unspecified atom stereocenters. The Bertz CT molecular complexity index is 1200. The monoisotopic (exact) mass is 422 g/mol. The number of thiazole rings is 1. The summed E-state index contributed by atoms with van der Waals surface area (Å²) >= 11 is 1.48. The van der Waals surface area contributed by atoms with E-state index in [2.05, 4.69) is 15.6 Å². The topological polar surface area (TPSA) is 75.5 Å². The Morgan fingerprint density at radius 3 is 2.50 bits per heavy atom. The average Bonchev–Trinajstić information content (AvgIpc) is 3.31. The molecule has 0 saturated carbocycles. The maximum Gasteiger partial charge on any atom is 0.251 e. The lowest BCUT2D eigenvalue weighted by Gasteiger charge is -2.06. The zero-order valence-electron chi connectivity index (χ0n) is 16.2. The molecule has 0 aliphatic carbocycles. The van der Waals surface area contributed by atoms with Crippen LogP contribution in [0.1, 0.15) is 20.9 Å². The number of hydrogen-bond acceptors (Lipinski definition) is 4. The number of imidazole rings is 1. The molecule has 6 nitrogen and oxygen atoms in total. The molecule has 2 heterocycles. The molecule has 30 heavy (non-hydrogen) atoms. The first kappa shape index (κ1) is 19.8. The standard InChI is InChI=1S/C22H19FN4O2S/c1-14-19(11-24-20(28)12-25-21(29)16-5-3-2-4-6-16)30-22-26-18(13-27(14)22)15-7-9-17(23)10-8-15/h2-10,13H,11-12H2,1H3,(H,24,28)(H,25,29). The van der Waals surface area contributed by atoms with E-state index in [0.717, 1.165) is 26.8 Å². The van der Waals surface area contributed by atoms with Crippen LogP contribution in [0.2, 0.25) is 0 Å². The van der Waals surface area contributed by atoms with Gasteiger partial charge in [0.1, 0.15) is 5.82 Å². The quantitative estimate of drug-likeness (QED) is 0.499. The van der Waals surface area contributed by atoms with Crippen LogP contribution < -0.4 is 10.6 Å². The Morgan fingerprint density at radius 1 is 1.07 bits per heavy atom. The molecule has 0 aliphatic heterocycles. The Kier molecular flexibility index (Phi) is 5.58. The minimum atomic E-state index is -0.287. The molecule has 152 valence electrons. The van der Waals surface area contributed by atoms with Crippen LogP contribution in [0.5, 0.6) is 0 Å². The summed E-state index contributed by atoms with van der Waals surface area (Å²) in [4.78, 5) is 30.5. The minimum absolute atomic E-state index is 0.0933. The molecule has 2 N–H and O–H groups in total. The third-order valence-corrected chi connectivity index (χ3v) is 5.84. The van der Waals surface area contributed by atoms with Gasteiger partial charge in [-0.3, -0.25) is 14.0 Å². The van der Waals surface area contributed by atoms with Crippen LogP contribution in [-0.2, 0) is 11.3 Å². The molecule has 2 amide bonds. The van der Waals surface area contributed by atoms with Crippen LogP contribution in [0.15, 0.2) is 60.8 Å². The molecular formula is C22H19FN4O2S. The molecule has 0 saturated heterocycles. The molecule has 0 bridgehead atoms. The highest BCUT2D eigenvalue weighted by Crippen LogP contribution is 2.27. The van der Waals surface area contributed by atoms with Gasteiger partial charge in [0.05, 0.1) is 18.8 Å². The molecule has 2 aromatic heterocycles. The lowest BCUT2D eigenvalue weighted by Crippen LogP contribution is -2.36. The van der Waals surface area contributed by atoms with Crippen molar-refractivity contribution < 1.29 is 14.0 Å². The number of aryl methyl sites for hydroxylation is 1. The molecule has 0 aliphatic rings. The second-order valence-corrected chi connectivity index (χ2v) is 7.78. The number of hydrogen-bond donors (Lipinski definition) is 2. The first-order valence-electron chi connectivity index (χ1n) is 9.34. The van der Waals surface area contributed by atoms with Gasteiger partial charge in [0.2, 0.25) is 5.91 Å². The van der Waals surface area contributed by atoms with Crippen molar-refractivity contribution in [2.75, 3.05) is 6.54 Å². The van der Waals surface area contributed by atoms with E-state index in [9.17, 15) is 14.0 Å². The molecule has 0 fully saturated rings. The summed E-state index contributed by atoms with van der Waals surface area (Å²) < 4.78 is 15.1. The van der Waals surface area contributed by atoms with E-state index in [-0.39, 0.29) is 24.2 Å². The van der Waals surface area contributed by atoms with E-state index in [1.54, 1.807) is 36.4 Å².